The Kier molecular flexibility index (Phi) is 5.39. The van der Waals surface area contributed by atoms with Crippen LogP contribution in [0.5, 0.6) is 0 Å². The summed E-state index contributed by atoms with van der Waals surface area (Å²) in [7, 11) is 0. The summed E-state index contributed by atoms with van der Waals surface area (Å²) in [6, 6.07) is 0.602. The summed E-state index contributed by atoms with van der Waals surface area (Å²) in [5.41, 5.74) is 0.374. The van der Waals surface area contributed by atoms with Gasteiger partial charge in [-0.25, -0.2) is 0 Å². The van der Waals surface area contributed by atoms with E-state index in [0.717, 1.165) is 31.6 Å². The minimum Gasteiger partial charge on any atom is -0.493 e. The molecule has 0 aromatic heterocycles. The summed E-state index contributed by atoms with van der Waals surface area (Å²) in [4.78, 5) is 0. The van der Waals surface area contributed by atoms with Crippen molar-refractivity contribution in [1.82, 2.24) is 5.32 Å². The van der Waals surface area contributed by atoms with Crippen molar-refractivity contribution in [2.75, 3.05) is 6.61 Å². The standard InChI is InChI=1S/C19H33NO2/c1-18(2,3)13-21-15-8-7-9-16(12-15)22-17-10-14(11-17)20-19(4,5)6/h7-8,12,14,16-17,20H,9-11,13H2,1-6H3. The van der Waals surface area contributed by atoms with Crippen LogP contribution in [-0.4, -0.2) is 30.4 Å². The molecule has 2 rings (SSSR count). The Hall–Kier alpha value is -0.800. The Balaban J connectivity index is 1.73. The summed E-state index contributed by atoms with van der Waals surface area (Å²) >= 11 is 0. The van der Waals surface area contributed by atoms with Crippen molar-refractivity contribution in [1.29, 1.82) is 0 Å². The molecule has 0 radical (unpaired) electrons. The highest BCUT2D eigenvalue weighted by Crippen LogP contribution is 2.29. The molecule has 0 heterocycles. The van der Waals surface area contributed by atoms with Gasteiger partial charge >= 0.3 is 0 Å². The fourth-order valence-electron chi connectivity index (χ4n) is 2.77. The zero-order chi connectivity index (χ0) is 16.4. The van der Waals surface area contributed by atoms with Gasteiger partial charge in [-0.2, -0.15) is 0 Å². The summed E-state index contributed by atoms with van der Waals surface area (Å²) in [5, 5.41) is 3.63. The predicted molar refractivity (Wildman–Crippen MR) is 91.8 cm³/mol. The van der Waals surface area contributed by atoms with Gasteiger partial charge in [0.25, 0.3) is 0 Å². The molecule has 0 bridgehead atoms. The fraction of sp³-hybridized carbons (Fsp3) is 0.789. The molecular weight excluding hydrogens is 274 g/mol. The van der Waals surface area contributed by atoms with Crippen molar-refractivity contribution in [2.24, 2.45) is 5.41 Å². The van der Waals surface area contributed by atoms with Crippen molar-refractivity contribution in [3.63, 3.8) is 0 Å². The van der Waals surface area contributed by atoms with E-state index in [4.69, 9.17) is 9.47 Å². The largest absolute Gasteiger partial charge is 0.493 e. The molecular formula is C19H33NO2. The van der Waals surface area contributed by atoms with Gasteiger partial charge in [0.2, 0.25) is 0 Å². The van der Waals surface area contributed by atoms with E-state index in [9.17, 15) is 0 Å². The van der Waals surface area contributed by atoms with Crippen molar-refractivity contribution in [3.05, 3.63) is 24.0 Å². The van der Waals surface area contributed by atoms with Crippen LogP contribution in [0.1, 0.15) is 60.8 Å². The second kappa shape index (κ2) is 6.76. The molecule has 126 valence electrons. The molecule has 1 N–H and O–H groups in total. The molecule has 0 aromatic rings. The molecule has 1 atom stereocenters. The summed E-state index contributed by atoms with van der Waals surface area (Å²) < 4.78 is 12.1. The molecule has 0 saturated heterocycles. The Morgan fingerprint density at radius 2 is 1.82 bits per heavy atom. The van der Waals surface area contributed by atoms with Gasteiger partial charge < -0.3 is 14.8 Å². The van der Waals surface area contributed by atoms with E-state index in [-0.39, 0.29) is 17.1 Å². The highest BCUT2D eigenvalue weighted by atomic mass is 16.5. The maximum atomic E-state index is 6.19. The zero-order valence-corrected chi connectivity index (χ0v) is 15.1. The Labute approximate surface area is 136 Å². The number of allylic oxidation sites excluding steroid dienone is 1. The van der Waals surface area contributed by atoms with E-state index in [1.54, 1.807) is 0 Å². The quantitative estimate of drug-likeness (QED) is 0.826. The van der Waals surface area contributed by atoms with Crippen molar-refractivity contribution < 1.29 is 9.47 Å². The molecule has 0 aromatic carbocycles. The van der Waals surface area contributed by atoms with E-state index in [0.29, 0.717) is 12.1 Å². The number of nitrogens with one attached hydrogen (secondary N) is 1. The predicted octanol–water partition coefficient (Wildman–Crippen LogP) is 4.20. The molecule has 1 saturated carbocycles. The molecule has 2 aliphatic carbocycles. The number of hydrogen-bond donors (Lipinski definition) is 1. The van der Waals surface area contributed by atoms with Gasteiger partial charge in [0.1, 0.15) is 5.76 Å². The first-order valence-corrected chi connectivity index (χ1v) is 8.55. The molecule has 22 heavy (non-hydrogen) atoms. The van der Waals surface area contributed by atoms with E-state index in [1.165, 1.54) is 0 Å². The van der Waals surface area contributed by atoms with Crippen LogP contribution < -0.4 is 5.32 Å². The first-order chi connectivity index (χ1) is 10.1. The summed E-state index contributed by atoms with van der Waals surface area (Å²) in [6.07, 6.45) is 10.1. The van der Waals surface area contributed by atoms with E-state index >= 15 is 0 Å². The molecule has 1 unspecified atom stereocenters. The highest BCUT2D eigenvalue weighted by Gasteiger charge is 2.33. The number of ether oxygens (including phenoxy) is 2. The fourth-order valence-corrected chi connectivity index (χ4v) is 2.77. The second-order valence-electron chi connectivity index (χ2n) is 8.92. The van der Waals surface area contributed by atoms with Crippen LogP contribution in [0, 0.1) is 5.41 Å². The third-order valence-electron chi connectivity index (χ3n) is 3.77. The maximum Gasteiger partial charge on any atom is 0.117 e. The SMILES string of the molecule is CC(C)(C)COC1=CC(OC2CC(NC(C)(C)C)C2)CC=C1. The van der Waals surface area contributed by atoms with Crippen molar-refractivity contribution >= 4 is 0 Å². The van der Waals surface area contributed by atoms with Gasteiger partial charge in [0, 0.05) is 11.6 Å². The van der Waals surface area contributed by atoms with E-state index in [1.807, 2.05) is 0 Å². The summed E-state index contributed by atoms with van der Waals surface area (Å²) in [5.74, 6) is 0.954. The maximum absolute atomic E-state index is 6.19. The van der Waals surface area contributed by atoms with Crippen LogP contribution in [0.2, 0.25) is 0 Å². The van der Waals surface area contributed by atoms with Crippen LogP contribution in [0.3, 0.4) is 0 Å². The van der Waals surface area contributed by atoms with E-state index < -0.39 is 0 Å². The van der Waals surface area contributed by atoms with Gasteiger partial charge in [0.15, 0.2) is 0 Å². The highest BCUT2D eigenvalue weighted by molar-refractivity contribution is 5.19. The smallest absolute Gasteiger partial charge is 0.117 e. The first kappa shape index (κ1) is 17.6. The van der Waals surface area contributed by atoms with Gasteiger partial charge in [-0.1, -0.05) is 26.8 Å². The van der Waals surface area contributed by atoms with E-state index in [2.05, 4.69) is 65.1 Å². The lowest BCUT2D eigenvalue weighted by Crippen LogP contribution is -2.53. The van der Waals surface area contributed by atoms with Crippen LogP contribution in [0.25, 0.3) is 0 Å². The second-order valence-corrected chi connectivity index (χ2v) is 8.92. The molecule has 0 aliphatic heterocycles. The molecule has 0 spiro atoms. The Morgan fingerprint density at radius 1 is 1.14 bits per heavy atom. The first-order valence-electron chi connectivity index (χ1n) is 8.55. The van der Waals surface area contributed by atoms with Crippen LogP contribution in [0.15, 0.2) is 24.0 Å². The lowest BCUT2D eigenvalue weighted by atomic mass is 9.87. The number of hydrogen-bond acceptors (Lipinski definition) is 3. The van der Waals surface area contributed by atoms with Crippen LogP contribution in [-0.2, 0) is 9.47 Å². The lowest BCUT2D eigenvalue weighted by Gasteiger charge is -2.41. The normalized spacial score (nSPS) is 29.0. The molecule has 1 fully saturated rings. The van der Waals surface area contributed by atoms with Crippen molar-refractivity contribution in [2.45, 2.75) is 84.6 Å². The minimum atomic E-state index is 0.167. The molecule has 2 aliphatic rings. The molecule has 0 amide bonds. The number of rotatable bonds is 5. The third kappa shape index (κ3) is 6.13. The Morgan fingerprint density at radius 3 is 2.41 bits per heavy atom. The monoisotopic (exact) mass is 307 g/mol. The van der Waals surface area contributed by atoms with Crippen molar-refractivity contribution in [3.8, 4) is 0 Å². The van der Waals surface area contributed by atoms with Gasteiger partial charge in [-0.15, -0.1) is 0 Å². The topological polar surface area (TPSA) is 30.5 Å². The average Bonchev–Trinajstić information content (AvgIpc) is 2.32. The zero-order valence-electron chi connectivity index (χ0n) is 15.1. The summed E-state index contributed by atoms with van der Waals surface area (Å²) in [6.45, 7) is 13.9. The van der Waals surface area contributed by atoms with Gasteiger partial charge in [0.05, 0.1) is 18.8 Å². The molecule has 3 heteroatoms. The Bertz CT molecular complexity index is 420. The van der Waals surface area contributed by atoms with Crippen LogP contribution in [0.4, 0.5) is 0 Å². The average molecular weight is 307 g/mol. The van der Waals surface area contributed by atoms with Gasteiger partial charge in [-0.3, -0.25) is 0 Å². The minimum absolute atomic E-state index is 0.167. The third-order valence-corrected chi connectivity index (χ3v) is 3.77. The molecule has 3 nitrogen and oxygen atoms in total. The van der Waals surface area contributed by atoms with Gasteiger partial charge in [-0.05, 0) is 57.6 Å². The lowest BCUT2D eigenvalue weighted by molar-refractivity contribution is -0.0502. The van der Waals surface area contributed by atoms with Crippen LogP contribution >= 0.6 is 0 Å².